The van der Waals surface area contributed by atoms with Gasteiger partial charge in [-0.2, -0.15) is 0 Å². The van der Waals surface area contributed by atoms with E-state index in [0.29, 0.717) is 12.8 Å². The fourth-order valence-electron chi connectivity index (χ4n) is 6.59. The largest absolute Gasteiger partial charge is 0.464 e. The van der Waals surface area contributed by atoms with Crippen LogP contribution in [0.4, 0.5) is 0 Å². The van der Waals surface area contributed by atoms with E-state index < -0.39 is 6.04 Å². The van der Waals surface area contributed by atoms with Crippen LogP contribution < -0.4 is 5.73 Å². The number of rotatable bonds is 39. The lowest BCUT2D eigenvalue weighted by Gasteiger charge is -2.24. The van der Waals surface area contributed by atoms with Crippen molar-refractivity contribution in [3.05, 3.63) is 0 Å². The van der Waals surface area contributed by atoms with Crippen LogP contribution >= 0.6 is 0 Å². The second-order valence-electron chi connectivity index (χ2n) is 15.0. The van der Waals surface area contributed by atoms with Gasteiger partial charge >= 0.3 is 11.9 Å². The normalized spacial score (nSPS) is 11.8. The highest BCUT2D eigenvalue weighted by atomic mass is 16.5. The molecule has 0 fully saturated rings. The Kier molecular flexibility index (Phi) is 37.3. The maximum atomic E-state index is 12.6. The third kappa shape index (κ3) is 34.8. The van der Waals surface area contributed by atoms with E-state index in [0.717, 1.165) is 25.7 Å². The fraction of sp³-hybridized carbons (Fsp3) is 0.930. The molecule has 1 atom stereocenters. The zero-order valence-electron chi connectivity index (χ0n) is 33.6. The molecule has 296 valence electrons. The van der Waals surface area contributed by atoms with Gasteiger partial charge < -0.3 is 20.1 Å². The quantitative estimate of drug-likeness (QED) is 0.0504. The number of unbranched alkanes of at least 4 members (excludes halogenated alkanes) is 28. The van der Waals surface area contributed by atoms with Gasteiger partial charge in [-0.1, -0.05) is 194 Å². The number of carbonyl (C=O) groups excluding carboxylic acids is 3. The number of amides is 1. The van der Waals surface area contributed by atoms with E-state index >= 15 is 0 Å². The van der Waals surface area contributed by atoms with Gasteiger partial charge in [-0.05, 0) is 19.8 Å². The second kappa shape index (κ2) is 38.6. The Bertz CT molecular complexity index is 708. The molecule has 0 aliphatic heterocycles. The number of nitrogens with zero attached hydrogens (tertiary/aromatic N) is 1. The number of esters is 2. The first-order valence-corrected chi connectivity index (χ1v) is 21.8. The van der Waals surface area contributed by atoms with Gasteiger partial charge in [-0.15, -0.1) is 0 Å². The van der Waals surface area contributed by atoms with Gasteiger partial charge in [0.2, 0.25) is 5.91 Å². The van der Waals surface area contributed by atoms with Crippen molar-refractivity contribution in [3.8, 4) is 0 Å². The molecule has 0 spiro atoms. The van der Waals surface area contributed by atoms with Gasteiger partial charge in [0.05, 0.1) is 19.1 Å². The molecule has 2 N–H and O–H groups in total. The first kappa shape index (κ1) is 48.4. The molecule has 0 saturated heterocycles. The van der Waals surface area contributed by atoms with Crippen molar-refractivity contribution in [2.24, 2.45) is 5.73 Å². The van der Waals surface area contributed by atoms with Crippen molar-refractivity contribution < 1.29 is 23.9 Å². The van der Waals surface area contributed by atoms with Crippen LogP contribution in [0.3, 0.4) is 0 Å². The summed E-state index contributed by atoms with van der Waals surface area (Å²) < 4.78 is 10.8. The van der Waals surface area contributed by atoms with Crippen LogP contribution in [0, 0.1) is 0 Å². The van der Waals surface area contributed by atoms with E-state index in [1.807, 2.05) is 0 Å². The van der Waals surface area contributed by atoms with Crippen molar-refractivity contribution in [2.45, 2.75) is 232 Å². The highest BCUT2D eigenvalue weighted by molar-refractivity contribution is 5.81. The Balaban J connectivity index is 3.77. The van der Waals surface area contributed by atoms with Crippen LogP contribution in [0.5, 0.6) is 0 Å². The van der Waals surface area contributed by atoms with E-state index in [2.05, 4.69) is 13.8 Å². The van der Waals surface area contributed by atoms with E-state index in [1.165, 1.54) is 172 Å². The van der Waals surface area contributed by atoms with E-state index in [-0.39, 0.29) is 44.1 Å². The Morgan fingerprint density at radius 1 is 0.440 bits per heavy atom. The predicted molar refractivity (Wildman–Crippen MR) is 211 cm³/mol. The van der Waals surface area contributed by atoms with E-state index in [1.54, 1.807) is 6.92 Å². The molecule has 0 radical (unpaired) electrons. The van der Waals surface area contributed by atoms with Gasteiger partial charge in [0.15, 0.2) is 0 Å². The molecule has 0 aromatic heterocycles. The van der Waals surface area contributed by atoms with E-state index in [9.17, 15) is 14.4 Å². The summed E-state index contributed by atoms with van der Waals surface area (Å²) in [4.78, 5) is 38.6. The smallest absolute Gasteiger partial charge is 0.305 e. The summed E-state index contributed by atoms with van der Waals surface area (Å²) in [7, 11) is 0. The van der Waals surface area contributed by atoms with Crippen molar-refractivity contribution in [1.82, 2.24) is 4.90 Å². The molecule has 1 unspecified atom stereocenters. The lowest BCUT2D eigenvalue weighted by atomic mass is 10.0. The van der Waals surface area contributed by atoms with Gasteiger partial charge in [-0.3, -0.25) is 14.4 Å². The maximum absolute atomic E-state index is 12.6. The molecule has 0 aliphatic rings. The summed E-state index contributed by atoms with van der Waals surface area (Å²) in [6.45, 7) is 6.94. The Labute approximate surface area is 310 Å². The molecule has 0 aromatic rings. The van der Waals surface area contributed by atoms with Gasteiger partial charge in [0, 0.05) is 12.8 Å². The molecule has 50 heavy (non-hydrogen) atoms. The molecular formula is C43H84N2O5. The topological polar surface area (TPSA) is 98.9 Å². The van der Waals surface area contributed by atoms with Crippen molar-refractivity contribution >= 4 is 17.8 Å². The lowest BCUT2D eigenvalue weighted by molar-refractivity contribution is -0.148. The van der Waals surface area contributed by atoms with Crippen LogP contribution in [-0.4, -0.2) is 55.1 Å². The SMILES string of the molecule is CCCCCCCCCCCCCCCCCC(=O)OCCN(CCOC(=O)CCCCCCCCCCCCCCCCC)C(=O)C(C)N. The molecule has 7 nitrogen and oxygen atoms in total. The Morgan fingerprint density at radius 3 is 0.920 bits per heavy atom. The van der Waals surface area contributed by atoms with Crippen LogP contribution in [0.2, 0.25) is 0 Å². The zero-order chi connectivity index (χ0) is 36.8. The van der Waals surface area contributed by atoms with Crippen LogP contribution in [-0.2, 0) is 23.9 Å². The van der Waals surface area contributed by atoms with Crippen molar-refractivity contribution in [1.29, 1.82) is 0 Å². The van der Waals surface area contributed by atoms with Gasteiger partial charge in [0.25, 0.3) is 0 Å². The molecule has 0 aliphatic carbocycles. The third-order valence-electron chi connectivity index (χ3n) is 9.92. The average molecular weight is 709 g/mol. The minimum absolute atomic E-state index is 0.128. The summed E-state index contributed by atoms with van der Waals surface area (Å²) in [6.07, 6.45) is 39.5. The Hall–Kier alpha value is -1.63. The highest BCUT2D eigenvalue weighted by Gasteiger charge is 2.18. The molecular weight excluding hydrogens is 624 g/mol. The average Bonchev–Trinajstić information content (AvgIpc) is 3.10. The van der Waals surface area contributed by atoms with Crippen LogP contribution in [0.1, 0.15) is 226 Å². The summed E-state index contributed by atoms with van der Waals surface area (Å²) in [5, 5.41) is 0. The van der Waals surface area contributed by atoms with Crippen LogP contribution in [0.25, 0.3) is 0 Å². The number of carbonyl (C=O) groups is 3. The summed E-state index contributed by atoms with van der Waals surface area (Å²) >= 11 is 0. The number of hydrogen-bond donors (Lipinski definition) is 1. The molecule has 0 rings (SSSR count). The van der Waals surface area contributed by atoms with Gasteiger partial charge in [-0.25, -0.2) is 0 Å². The lowest BCUT2D eigenvalue weighted by Crippen LogP contribution is -2.45. The van der Waals surface area contributed by atoms with Crippen molar-refractivity contribution in [3.63, 3.8) is 0 Å². The van der Waals surface area contributed by atoms with E-state index in [4.69, 9.17) is 15.2 Å². The third-order valence-corrected chi connectivity index (χ3v) is 9.92. The number of ether oxygens (including phenoxy) is 2. The molecule has 7 heteroatoms. The summed E-state index contributed by atoms with van der Waals surface area (Å²) in [5.41, 5.74) is 5.83. The monoisotopic (exact) mass is 709 g/mol. The number of hydrogen-bond acceptors (Lipinski definition) is 6. The molecule has 0 heterocycles. The van der Waals surface area contributed by atoms with Crippen LogP contribution in [0.15, 0.2) is 0 Å². The standard InChI is InChI=1S/C43H84N2O5/c1-4-6-8-10-12-14-16-18-20-22-24-26-28-30-32-34-41(46)49-38-36-45(43(48)40(3)44)37-39-50-42(47)35-33-31-29-27-25-23-21-19-17-15-13-11-9-7-5-2/h40H,4-39,44H2,1-3H3. The first-order valence-electron chi connectivity index (χ1n) is 21.8. The van der Waals surface area contributed by atoms with Crippen molar-refractivity contribution in [2.75, 3.05) is 26.3 Å². The summed E-state index contributed by atoms with van der Waals surface area (Å²) in [5.74, 6) is -0.674. The first-order chi connectivity index (χ1) is 24.4. The predicted octanol–water partition coefficient (Wildman–Crippen LogP) is 11.8. The molecule has 0 bridgehead atoms. The second-order valence-corrected chi connectivity index (χ2v) is 15.0. The fourth-order valence-corrected chi connectivity index (χ4v) is 6.59. The minimum Gasteiger partial charge on any atom is -0.464 e. The molecule has 1 amide bonds. The zero-order valence-corrected chi connectivity index (χ0v) is 33.6. The number of nitrogens with two attached hydrogens (primary N) is 1. The van der Waals surface area contributed by atoms with Gasteiger partial charge in [0.1, 0.15) is 13.2 Å². The molecule has 0 aromatic carbocycles. The summed E-state index contributed by atoms with van der Waals surface area (Å²) in [6, 6.07) is -0.665. The minimum atomic E-state index is -0.665. The maximum Gasteiger partial charge on any atom is 0.305 e. The Morgan fingerprint density at radius 2 is 0.680 bits per heavy atom. The molecule has 0 saturated carbocycles. The highest BCUT2D eigenvalue weighted by Crippen LogP contribution is 2.15.